The smallest absolute Gasteiger partial charge is 0.243 e. The van der Waals surface area contributed by atoms with E-state index in [4.69, 9.17) is 0 Å². The molecule has 15 heavy (non-hydrogen) atoms. The molecular weight excluding hydrogens is 192 g/mol. The molecule has 88 valence electrons. The van der Waals surface area contributed by atoms with Crippen LogP contribution in [0.2, 0.25) is 0 Å². The first-order chi connectivity index (χ1) is 6.63. The minimum Gasteiger partial charge on any atom is -0.350 e. The van der Waals surface area contributed by atoms with E-state index in [1.807, 2.05) is 34.6 Å². The summed E-state index contributed by atoms with van der Waals surface area (Å²) in [5, 5.41) is 5.50. The van der Waals surface area contributed by atoms with E-state index in [2.05, 4.69) is 10.6 Å². The van der Waals surface area contributed by atoms with Gasteiger partial charge in [-0.1, -0.05) is 13.8 Å². The predicted octanol–water partition coefficient (Wildman–Crippen LogP) is 1.06. The molecule has 0 saturated heterocycles. The van der Waals surface area contributed by atoms with Gasteiger partial charge >= 0.3 is 0 Å². The van der Waals surface area contributed by atoms with Crippen LogP contribution in [-0.2, 0) is 9.59 Å². The van der Waals surface area contributed by atoms with Crippen LogP contribution in [0.3, 0.4) is 0 Å². The number of rotatable bonds is 3. The van der Waals surface area contributed by atoms with E-state index in [1.165, 1.54) is 6.92 Å². The Morgan fingerprint density at radius 1 is 1.13 bits per heavy atom. The summed E-state index contributed by atoms with van der Waals surface area (Å²) >= 11 is 0. The summed E-state index contributed by atoms with van der Waals surface area (Å²) in [5.74, 6) is -0.235. The van der Waals surface area contributed by atoms with Crippen molar-refractivity contribution >= 4 is 11.8 Å². The standard InChI is InChI=1S/C11H22N2O2/c1-7(2)9(12-8(3)14)10(15)13-11(4,5)6/h7,9H,1-6H3,(H,12,14)(H,13,15). The molecule has 1 unspecified atom stereocenters. The summed E-state index contributed by atoms with van der Waals surface area (Å²) in [4.78, 5) is 22.7. The van der Waals surface area contributed by atoms with Crippen molar-refractivity contribution in [2.75, 3.05) is 0 Å². The Bertz CT molecular complexity index is 241. The lowest BCUT2D eigenvalue weighted by molar-refractivity contribution is -0.130. The van der Waals surface area contributed by atoms with Crippen LogP contribution in [-0.4, -0.2) is 23.4 Å². The van der Waals surface area contributed by atoms with Crippen LogP contribution < -0.4 is 10.6 Å². The van der Waals surface area contributed by atoms with Crippen molar-refractivity contribution in [1.82, 2.24) is 10.6 Å². The van der Waals surface area contributed by atoms with Crippen molar-refractivity contribution in [3.63, 3.8) is 0 Å². The third kappa shape index (κ3) is 6.10. The van der Waals surface area contributed by atoms with E-state index in [9.17, 15) is 9.59 Å². The first kappa shape index (κ1) is 13.9. The summed E-state index contributed by atoms with van der Waals surface area (Å²) in [6, 6.07) is -0.457. The molecule has 0 rings (SSSR count). The Hall–Kier alpha value is -1.06. The van der Waals surface area contributed by atoms with Crippen LogP contribution in [0.5, 0.6) is 0 Å². The van der Waals surface area contributed by atoms with Crippen molar-refractivity contribution in [3.05, 3.63) is 0 Å². The maximum Gasteiger partial charge on any atom is 0.243 e. The van der Waals surface area contributed by atoms with Gasteiger partial charge in [0.2, 0.25) is 11.8 Å². The number of hydrogen-bond donors (Lipinski definition) is 2. The molecule has 0 aromatic carbocycles. The Balaban J connectivity index is 4.50. The molecule has 4 heteroatoms. The number of carbonyl (C=O) groups excluding carboxylic acids is 2. The number of amides is 2. The lowest BCUT2D eigenvalue weighted by Crippen LogP contribution is -2.53. The van der Waals surface area contributed by atoms with Gasteiger partial charge in [-0.05, 0) is 26.7 Å². The van der Waals surface area contributed by atoms with Gasteiger partial charge < -0.3 is 10.6 Å². The summed E-state index contributed by atoms with van der Waals surface area (Å²) in [5.41, 5.74) is -0.275. The Morgan fingerprint density at radius 2 is 1.60 bits per heavy atom. The fourth-order valence-electron chi connectivity index (χ4n) is 1.20. The van der Waals surface area contributed by atoms with Gasteiger partial charge in [0.05, 0.1) is 0 Å². The van der Waals surface area contributed by atoms with Crippen molar-refractivity contribution in [1.29, 1.82) is 0 Å². The molecule has 0 heterocycles. The average Bonchev–Trinajstić information content (AvgIpc) is 1.95. The minimum atomic E-state index is -0.457. The third-order valence-corrected chi connectivity index (χ3v) is 1.81. The zero-order chi connectivity index (χ0) is 12.2. The summed E-state index contributed by atoms with van der Waals surface area (Å²) in [6.45, 7) is 11.0. The van der Waals surface area contributed by atoms with E-state index < -0.39 is 6.04 Å². The van der Waals surface area contributed by atoms with Gasteiger partial charge in [-0.2, -0.15) is 0 Å². The van der Waals surface area contributed by atoms with Crippen LogP contribution in [0, 0.1) is 5.92 Å². The van der Waals surface area contributed by atoms with Crippen molar-refractivity contribution in [3.8, 4) is 0 Å². The Labute approximate surface area is 91.8 Å². The Morgan fingerprint density at radius 3 is 1.87 bits per heavy atom. The normalized spacial score (nSPS) is 13.5. The molecule has 0 aliphatic heterocycles. The van der Waals surface area contributed by atoms with Crippen LogP contribution in [0.4, 0.5) is 0 Å². The summed E-state index contributed by atoms with van der Waals surface area (Å²) < 4.78 is 0. The molecule has 2 N–H and O–H groups in total. The van der Waals surface area contributed by atoms with E-state index in [1.54, 1.807) is 0 Å². The quantitative estimate of drug-likeness (QED) is 0.738. The van der Waals surface area contributed by atoms with Crippen LogP contribution in [0.25, 0.3) is 0 Å². The molecular formula is C11H22N2O2. The molecule has 4 nitrogen and oxygen atoms in total. The molecule has 0 spiro atoms. The van der Waals surface area contributed by atoms with E-state index in [-0.39, 0.29) is 23.3 Å². The summed E-state index contributed by atoms with van der Waals surface area (Å²) in [6.07, 6.45) is 0. The molecule has 0 fully saturated rings. The molecule has 1 atom stereocenters. The Kier molecular flexibility index (Phi) is 4.78. The third-order valence-electron chi connectivity index (χ3n) is 1.81. The lowest BCUT2D eigenvalue weighted by Gasteiger charge is -2.27. The maximum atomic E-state index is 11.8. The first-order valence-electron chi connectivity index (χ1n) is 5.22. The fourth-order valence-corrected chi connectivity index (χ4v) is 1.20. The van der Waals surface area contributed by atoms with Gasteiger partial charge in [0.25, 0.3) is 0 Å². The van der Waals surface area contributed by atoms with E-state index in [0.29, 0.717) is 0 Å². The van der Waals surface area contributed by atoms with Crippen LogP contribution in [0.15, 0.2) is 0 Å². The minimum absolute atomic E-state index is 0.0799. The van der Waals surface area contributed by atoms with E-state index >= 15 is 0 Å². The highest BCUT2D eigenvalue weighted by Gasteiger charge is 2.25. The van der Waals surface area contributed by atoms with Gasteiger partial charge in [0.1, 0.15) is 6.04 Å². The molecule has 0 radical (unpaired) electrons. The predicted molar refractivity (Wildman–Crippen MR) is 60.3 cm³/mol. The topological polar surface area (TPSA) is 58.2 Å². The van der Waals surface area contributed by atoms with Gasteiger partial charge in [-0.15, -0.1) is 0 Å². The van der Waals surface area contributed by atoms with Crippen molar-refractivity contribution in [2.45, 2.75) is 53.1 Å². The molecule has 0 saturated carbocycles. The lowest BCUT2D eigenvalue weighted by atomic mass is 10.0. The highest BCUT2D eigenvalue weighted by atomic mass is 16.2. The fraction of sp³-hybridized carbons (Fsp3) is 0.818. The molecule has 2 amide bonds. The first-order valence-corrected chi connectivity index (χ1v) is 5.22. The van der Waals surface area contributed by atoms with Crippen molar-refractivity contribution in [2.24, 2.45) is 5.92 Å². The highest BCUT2D eigenvalue weighted by molar-refractivity contribution is 5.87. The highest BCUT2D eigenvalue weighted by Crippen LogP contribution is 2.05. The van der Waals surface area contributed by atoms with E-state index in [0.717, 1.165) is 0 Å². The van der Waals surface area contributed by atoms with Gasteiger partial charge in [-0.25, -0.2) is 0 Å². The van der Waals surface area contributed by atoms with Gasteiger partial charge in [0.15, 0.2) is 0 Å². The number of carbonyl (C=O) groups is 2. The molecule has 0 aromatic heterocycles. The monoisotopic (exact) mass is 214 g/mol. The second-order valence-electron chi connectivity index (χ2n) is 5.16. The van der Waals surface area contributed by atoms with Crippen LogP contribution >= 0.6 is 0 Å². The maximum absolute atomic E-state index is 11.8. The summed E-state index contributed by atoms with van der Waals surface area (Å²) in [7, 11) is 0. The van der Waals surface area contributed by atoms with Crippen molar-refractivity contribution < 1.29 is 9.59 Å². The molecule has 0 bridgehead atoms. The molecule has 0 aliphatic carbocycles. The number of nitrogens with one attached hydrogen (secondary N) is 2. The molecule has 0 aromatic rings. The zero-order valence-electron chi connectivity index (χ0n) is 10.5. The average molecular weight is 214 g/mol. The zero-order valence-corrected chi connectivity index (χ0v) is 10.5. The second kappa shape index (κ2) is 5.14. The SMILES string of the molecule is CC(=O)NC(C(=O)NC(C)(C)C)C(C)C. The van der Waals surface area contributed by atoms with Gasteiger partial charge in [-0.3, -0.25) is 9.59 Å². The largest absolute Gasteiger partial charge is 0.350 e. The number of hydrogen-bond acceptors (Lipinski definition) is 2. The second-order valence-corrected chi connectivity index (χ2v) is 5.16. The van der Waals surface area contributed by atoms with Crippen LogP contribution in [0.1, 0.15) is 41.5 Å². The molecule has 0 aliphatic rings. The van der Waals surface area contributed by atoms with Gasteiger partial charge in [0, 0.05) is 12.5 Å².